The lowest BCUT2D eigenvalue weighted by molar-refractivity contribution is 0.219. The third kappa shape index (κ3) is 2.28. The van der Waals surface area contributed by atoms with Crippen molar-refractivity contribution in [1.29, 1.82) is 0 Å². The summed E-state index contributed by atoms with van der Waals surface area (Å²) in [7, 11) is 0. The Labute approximate surface area is 64.4 Å². The first-order valence-corrected chi connectivity index (χ1v) is 8.84. The highest BCUT2D eigenvalue weighted by molar-refractivity contribution is 9.52. The SMILES string of the molecule is CC[Si](Br)(Br)C(=O)O. The summed E-state index contributed by atoms with van der Waals surface area (Å²) in [6.45, 7) is 1.84. The van der Waals surface area contributed by atoms with Gasteiger partial charge < -0.3 is 5.11 Å². The maximum absolute atomic E-state index is 10.2. The van der Waals surface area contributed by atoms with Gasteiger partial charge in [0.25, 0.3) is 5.59 Å². The Bertz CT molecular complexity index is 103. The molecular weight excluding hydrogens is 256 g/mol. The number of carbonyl (C=O) groups is 1. The summed E-state index contributed by atoms with van der Waals surface area (Å²) >= 11 is 6.20. The van der Waals surface area contributed by atoms with E-state index in [0.717, 1.165) is 0 Å². The van der Waals surface area contributed by atoms with Crippen LogP contribution >= 0.6 is 30.6 Å². The Kier molecular flexibility index (Phi) is 3.22. The fourth-order valence-electron chi connectivity index (χ4n) is 0.151. The Morgan fingerprint density at radius 3 is 2.12 bits per heavy atom. The van der Waals surface area contributed by atoms with E-state index >= 15 is 0 Å². The number of hydrogen-bond donors (Lipinski definition) is 1. The average molecular weight is 262 g/mol. The standard InChI is InChI=1S/C3H6Br2O2Si/c1-2-8(4,5)3(6)7/h2H2,1H3,(H,6,7). The zero-order chi connectivity index (χ0) is 6.78. The van der Waals surface area contributed by atoms with Gasteiger partial charge in [0.1, 0.15) is 0 Å². The molecule has 0 aliphatic carbocycles. The van der Waals surface area contributed by atoms with E-state index < -0.39 is 10.9 Å². The lowest BCUT2D eigenvalue weighted by Crippen LogP contribution is -2.27. The van der Waals surface area contributed by atoms with Crippen LogP contribution in [0, 0.1) is 0 Å². The molecule has 0 radical (unpaired) electrons. The number of halogens is 2. The van der Waals surface area contributed by atoms with Crippen molar-refractivity contribution in [1.82, 2.24) is 0 Å². The summed E-state index contributed by atoms with van der Waals surface area (Å²) < 4.78 is 0. The Morgan fingerprint density at radius 2 is 2.12 bits per heavy atom. The summed E-state index contributed by atoms with van der Waals surface area (Å²) in [6.07, 6.45) is 0. The van der Waals surface area contributed by atoms with Crippen LogP contribution in [0.2, 0.25) is 6.04 Å². The van der Waals surface area contributed by atoms with Crippen molar-refractivity contribution in [2.45, 2.75) is 13.0 Å². The van der Waals surface area contributed by atoms with Gasteiger partial charge in [-0.05, 0) is 6.04 Å². The fraction of sp³-hybridized carbons (Fsp3) is 0.667. The van der Waals surface area contributed by atoms with Crippen molar-refractivity contribution in [3.05, 3.63) is 0 Å². The largest absolute Gasteiger partial charge is 0.484 e. The van der Waals surface area contributed by atoms with Crippen LogP contribution in [0.3, 0.4) is 0 Å². The second kappa shape index (κ2) is 2.98. The number of carboxylic acid groups (broad SMARTS) is 1. The van der Waals surface area contributed by atoms with Gasteiger partial charge >= 0.3 is 5.31 Å². The normalized spacial score (nSPS) is 11.4. The van der Waals surface area contributed by atoms with Crippen molar-refractivity contribution in [3.63, 3.8) is 0 Å². The van der Waals surface area contributed by atoms with Crippen LogP contribution in [0.15, 0.2) is 0 Å². The van der Waals surface area contributed by atoms with E-state index in [1.165, 1.54) is 0 Å². The summed E-state index contributed by atoms with van der Waals surface area (Å²) in [6, 6.07) is 0.655. The van der Waals surface area contributed by atoms with Crippen molar-refractivity contribution < 1.29 is 9.90 Å². The first-order chi connectivity index (χ1) is 3.50. The molecule has 2 nitrogen and oxygen atoms in total. The predicted octanol–water partition coefficient (Wildman–Crippen LogP) is 2.50. The number of hydrogen-bond acceptors (Lipinski definition) is 1. The smallest absolute Gasteiger partial charge is 0.322 e. The summed E-state index contributed by atoms with van der Waals surface area (Å²) in [5.41, 5.74) is -0.750. The second-order valence-corrected chi connectivity index (χ2v) is 15.2. The highest BCUT2D eigenvalue weighted by Gasteiger charge is 2.33. The van der Waals surface area contributed by atoms with E-state index in [1.54, 1.807) is 0 Å². The molecular formula is C3H6Br2O2Si. The topological polar surface area (TPSA) is 37.3 Å². The first-order valence-electron chi connectivity index (χ1n) is 2.12. The van der Waals surface area contributed by atoms with Gasteiger partial charge in [0.05, 0.1) is 0 Å². The van der Waals surface area contributed by atoms with Crippen LogP contribution in [-0.2, 0) is 0 Å². The van der Waals surface area contributed by atoms with E-state index in [9.17, 15) is 4.79 Å². The molecule has 0 aromatic carbocycles. The van der Waals surface area contributed by atoms with Gasteiger partial charge in [-0.25, -0.2) is 0 Å². The maximum Gasteiger partial charge on any atom is 0.322 e. The predicted molar refractivity (Wildman–Crippen MR) is 42.1 cm³/mol. The molecule has 0 atom stereocenters. The van der Waals surface area contributed by atoms with Crippen LogP contribution in [-0.4, -0.2) is 16.0 Å². The van der Waals surface area contributed by atoms with E-state index in [4.69, 9.17) is 5.11 Å². The molecule has 0 heterocycles. The molecule has 0 fully saturated rings. The van der Waals surface area contributed by atoms with Crippen molar-refractivity contribution >= 4 is 41.5 Å². The molecule has 0 bridgehead atoms. The van der Waals surface area contributed by atoms with Gasteiger partial charge in [-0.15, -0.1) is 0 Å². The molecule has 0 spiro atoms. The van der Waals surface area contributed by atoms with E-state index in [0.29, 0.717) is 6.04 Å². The van der Waals surface area contributed by atoms with Crippen LogP contribution in [0.25, 0.3) is 0 Å². The van der Waals surface area contributed by atoms with E-state index in [1.807, 2.05) is 6.92 Å². The second-order valence-electron chi connectivity index (χ2n) is 1.36. The van der Waals surface area contributed by atoms with Crippen LogP contribution in [0.5, 0.6) is 0 Å². The molecule has 0 amide bonds. The summed E-state index contributed by atoms with van der Waals surface area (Å²) in [4.78, 5) is 10.2. The van der Waals surface area contributed by atoms with Crippen LogP contribution in [0.4, 0.5) is 4.79 Å². The van der Waals surface area contributed by atoms with Gasteiger partial charge in [0.15, 0.2) is 0 Å². The third-order valence-electron chi connectivity index (χ3n) is 0.757. The highest BCUT2D eigenvalue weighted by Crippen LogP contribution is 2.24. The monoisotopic (exact) mass is 260 g/mol. The molecule has 0 unspecified atom stereocenters. The lowest BCUT2D eigenvalue weighted by Gasteiger charge is -2.05. The fourth-order valence-corrected chi connectivity index (χ4v) is 0.454. The quantitative estimate of drug-likeness (QED) is 0.613. The van der Waals surface area contributed by atoms with Crippen molar-refractivity contribution in [2.75, 3.05) is 0 Å². The molecule has 0 saturated carbocycles. The molecule has 48 valence electrons. The molecule has 8 heavy (non-hydrogen) atoms. The lowest BCUT2D eigenvalue weighted by atomic mass is 11.0. The minimum atomic E-state index is -2.21. The third-order valence-corrected chi connectivity index (χ3v) is 7.67. The van der Waals surface area contributed by atoms with Crippen LogP contribution < -0.4 is 0 Å². The van der Waals surface area contributed by atoms with Gasteiger partial charge in [0.2, 0.25) is 0 Å². The van der Waals surface area contributed by atoms with Gasteiger partial charge in [0, 0.05) is 0 Å². The molecule has 0 aromatic rings. The molecule has 5 heteroatoms. The average Bonchev–Trinajstić information content (AvgIpc) is 1.67. The molecule has 0 aromatic heterocycles. The van der Waals surface area contributed by atoms with E-state index in [-0.39, 0.29) is 0 Å². The Hall–Kier alpha value is 0.647. The highest BCUT2D eigenvalue weighted by atomic mass is 79.9. The zero-order valence-corrected chi connectivity index (χ0v) is 8.49. The molecule has 0 rings (SSSR count). The zero-order valence-electron chi connectivity index (χ0n) is 4.32. The Balaban J connectivity index is 3.91. The van der Waals surface area contributed by atoms with Crippen molar-refractivity contribution in [3.8, 4) is 0 Å². The maximum atomic E-state index is 10.2. The van der Waals surface area contributed by atoms with Crippen molar-refractivity contribution in [2.24, 2.45) is 0 Å². The molecule has 0 aliphatic heterocycles. The van der Waals surface area contributed by atoms with Crippen LogP contribution in [0.1, 0.15) is 6.92 Å². The molecule has 0 saturated heterocycles. The molecule has 1 N–H and O–H groups in total. The van der Waals surface area contributed by atoms with E-state index in [2.05, 4.69) is 30.6 Å². The Morgan fingerprint density at radius 1 is 1.75 bits per heavy atom. The summed E-state index contributed by atoms with van der Waals surface area (Å²) in [5, 5.41) is 6.20. The minimum Gasteiger partial charge on any atom is -0.484 e. The van der Waals surface area contributed by atoms with Gasteiger partial charge in [-0.3, -0.25) is 4.79 Å². The van der Waals surface area contributed by atoms with Gasteiger partial charge in [-0.2, -0.15) is 0 Å². The minimum absolute atomic E-state index is 0.655. The summed E-state index contributed by atoms with van der Waals surface area (Å²) in [5.74, 6) is 0. The molecule has 0 aliphatic rings. The number of rotatable bonds is 2. The first kappa shape index (κ1) is 8.65. The van der Waals surface area contributed by atoms with Gasteiger partial charge in [-0.1, -0.05) is 37.5 Å².